The van der Waals surface area contributed by atoms with Crippen LogP contribution in [-0.4, -0.2) is 56.6 Å². The van der Waals surface area contributed by atoms with Gasteiger partial charge in [0, 0.05) is 11.8 Å². The monoisotopic (exact) mass is 358 g/mol. The van der Waals surface area contributed by atoms with Gasteiger partial charge < -0.3 is 29.4 Å². The molecule has 0 saturated carbocycles. The van der Waals surface area contributed by atoms with Crippen LogP contribution in [0, 0.1) is 0 Å². The molecule has 1 fully saturated rings. The molecule has 0 amide bonds. The summed E-state index contributed by atoms with van der Waals surface area (Å²) >= 11 is 0. The highest BCUT2D eigenvalue weighted by atomic mass is 31.1. The van der Waals surface area contributed by atoms with Crippen LogP contribution in [0.5, 0.6) is 0 Å². The van der Waals surface area contributed by atoms with E-state index in [1.165, 1.54) is 6.33 Å². The van der Waals surface area contributed by atoms with Crippen LogP contribution >= 0.6 is 8.03 Å². The van der Waals surface area contributed by atoms with Crippen LogP contribution in [0.1, 0.15) is 18.5 Å². The Morgan fingerprint density at radius 3 is 2.88 bits per heavy atom. The average Bonchev–Trinajstić information content (AvgIpc) is 3.10. The van der Waals surface area contributed by atoms with Crippen molar-refractivity contribution in [2.75, 3.05) is 13.0 Å². The average molecular weight is 358 g/mol. The van der Waals surface area contributed by atoms with Crippen LogP contribution in [0.3, 0.4) is 0 Å². The standard InChI is InChI=1S/C13H19N4O6P/c1-2-23-24(21)5-22-13-11(19)10(18)8(17-13)6-3-14-9-7(6)15-4-16-12(9)20/h3-4,8,10-11,13-14,17-19,24H,2,5H2,1H3,(H,15,16,20)/t8-,10-,11-,13+/m0/s1. The van der Waals surface area contributed by atoms with Crippen LogP contribution in [0.2, 0.25) is 0 Å². The Bertz CT molecular complexity index is 792. The topological polar surface area (TPSA) is 150 Å². The predicted octanol–water partition coefficient (Wildman–Crippen LogP) is -0.571. The van der Waals surface area contributed by atoms with Crippen LogP contribution in [0.4, 0.5) is 0 Å². The summed E-state index contributed by atoms with van der Waals surface area (Å²) in [5.74, 6) is 0. The molecule has 2 aromatic rings. The number of fused-ring (bicyclic) bond motifs is 1. The minimum absolute atomic E-state index is 0.168. The lowest BCUT2D eigenvalue weighted by Crippen LogP contribution is -2.35. The quantitative estimate of drug-likeness (QED) is 0.431. The molecule has 0 bridgehead atoms. The van der Waals surface area contributed by atoms with Gasteiger partial charge in [-0.2, -0.15) is 0 Å². The van der Waals surface area contributed by atoms with Crippen molar-refractivity contribution in [1.82, 2.24) is 20.3 Å². The largest absolute Gasteiger partial charge is 0.388 e. The molecule has 11 heteroatoms. The van der Waals surface area contributed by atoms with Gasteiger partial charge in [0.05, 0.1) is 19.0 Å². The van der Waals surface area contributed by atoms with Gasteiger partial charge in [-0.15, -0.1) is 0 Å². The second-order valence-corrected chi connectivity index (χ2v) is 6.68. The smallest absolute Gasteiger partial charge is 0.275 e. The van der Waals surface area contributed by atoms with Crippen molar-refractivity contribution < 1.29 is 24.0 Å². The maximum Gasteiger partial charge on any atom is 0.275 e. The molecule has 1 aliphatic heterocycles. The number of aliphatic hydroxyl groups is 2. The number of aromatic amines is 2. The molecule has 1 saturated heterocycles. The van der Waals surface area contributed by atoms with Crippen molar-refractivity contribution in [2.24, 2.45) is 0 Å². The molecule has 132 valence electrons. The van der Waals surface area contributed by atoms with Crippen molar-refractivity contribution in [3.8, 4) is 0 Å². The van der Waals surface area contributed by atoms with E-state index in [9.17, 15) is 19.6 Å². The number of rotatable bonds is 6. The predicted molar refractivity (Wildman–Crippen MR) is 85.0 cm³/mol. The number of H-pyrrole nitrogens is 2. The summed E-state index contributed by atoms with van der Waals surface area (Å²) in [6.07, 6.45) is -0.666. The minimum Gasteiger partial charge on any atom is -0.388 e. The van der Waals surface area contributed by atoms with Gasteiger partial charge in [0.2, 0.25) is 8.03 Å². The second kappa shape index (κ2) is 7.14. The Morgan fingerprint density at radius 2 is 2.12 bits per heavy atom. The Labute approximate surface area is 137 Å². The molecular formula is C13H19N4O6P. The fourth-order valence-corrected chi connectivity index (χ4v) is 3.46. The van der Waals surface area contributed by atoms with Gasteiger partial charge in [-0.3, -0.25) is 14.7 Å². The summed E-state index contributed by atoms with van der Waals surface area (Å²) in [5, 5.41) is 23.3. The summed E-state index contributed by atoms with van der Waals surface area (Å²) in [6.45, 7) is 2.03. The molecule has 3 rings (SSSR count). The third kappa shape index (κ3) is 3.16. The van der Waals surface area contributed by atoms with Crippen LogP contribution in [-0.2, 0) is 13.8 Å². The molecule has 5 N–H and O–H groups in total. The van der Waals surface area contributed by atoms with Gasteiger partial charge >= 0.3 is 0 Å². The minimum atomic E-state index is -2.35. The fraction of sp³-hybridized carbons (Fsp3) is 0.538. The highest BCUT2D eigenvalue weighted by Gasteiger charge is 2.43. The summed E-state index contributed by atoms with van der Waals surface area (Å²) in [7, 11) is -2.35. The summed E-state index contributed by atoms with van der Waals surface area (Å²) in [6, 6.07) is -0.692. The third-order valence-corrected chi connectivity index (χ3v) is 4.88. The molecule has 2 aromatic heterocycles. The number of aliphatic hydroxyl groups excluding tert-OH is 2. The van der Waals surface area contributed by atoms with Gasteiger partial charge in [0.25, 0.3) is 5.56 Å². The van der Waals surface area contributed by atoms with Gasteiger partial charge in [0.1, 0.15) is 35.8 Å². The van der Waals surface area contributed by atoms with Crippen LogP contribution < -0.4 is 10.9 Å². The van der Waals surface area contributed by atoms with Gasteiger partial charge in [0.15, 0.2) is 0 Å². The number of hydrogen-bond acceptors (Lipinski definition) is 8. The SMILES string of the molecule is CCO[PH](=O)CO[C@H]1N[C@@H](c2c[nH]c3c(=O)[nH]cnc23)[C@H](O)[C@@H]1O. The molecular weight excluding hydrogens is 339 g/mol. The summed E-state index contributed by atoms with van der Waals surface area (Å²) in [4.78, 5) is 21.1. The van der Waals surface area contributed by atoms with Gasteiger partial charge in [-0.1, -0.05) is 0 Å². The van der Waals surface area contributed by atoms with Gasteiger partial charge in [-0.25, -0.2) is 4.98 Å². The van der Waals surface area contributed by atoms with E-state index in [1.54, 1.807) is 13.1 Å². The first-order valence-corrected chi connectivity index (χ1v) is 8.99. The molecule has 0 spiro atoms. The highest BCUT2D eigenvalue weighted by Crippen LogP contribution is 2.32. The molecule has 3 heterocycles. The zero-order valence-corrected chi connectivity index (χ0v) is 13.9. The van der Waals surface area contributed by atoms with E-state index in [2.05, 4.69) is 20.3 Å². The van der Waals surface area contributed by atoms with Crippen LogP contribution in [0.15, 0.2) is 17.3 Å². The Kier molecular flexibility index (Phi) is 5.14. The first kappa shape index (κ1) is 17.3. The van der Waals surface area contributed by atoms with E-state index in [0.717, 1.165) is 0 Å². The van der Waals surface area contributed by atoms with Crippen molar-refractivity contribution in [3.05, 3.63) is 28.4 Å². The highest BCUT2D eigenvalue weighted by molar-refractivity contribution is 7.38. The zero-order chi connectivity index (χ0) is 17.3. The van der Waals surface area contributed by atoms with E-state index < -0.39 is 32.5 Å². The van der Waals surface area contributed by atoms with Crippen molar-refractivity contribution in [3.63, 3.8) is 0 Å². The molecule has 1 unspecified atom stereocenters. The summed E-state index contributed by atoms with van der Waals surface area (Å²) in [5.41, 5.74) is 0.876. The Morgan fingerprint density at radius 1 is 1.33 bits per heavy atom. The van der Waals surface area contributed by atoms with E-state index in [4.69, 9.17) is 9.26 Å². The lowest BCUT2D eigenvalue weighted by atomic mass is 10.0. The molecule has 10 nitrogen and oxygen atoms in total. The first-order valence-electron chi connectivity index (χ1n) is 7.47. The number of ether oxygens (including phenoxy) is 1. The lowest BCUT2D eigenvalue weighted by molar-refractivity contribution is -0.0493. The zero-order valence-electron chi connectivity index (χ0n) is 12.9. The van der Waals surface area contributed by atoms with E-state index in [0.29, 0.717) is 17.7 Å². The summed E-state index contributed by atoms with van der Waals surface area (Å²) < 4.78 is 21.8. The number of hydrogen-bond donors (Lipinski definition) is 5. The van der Waals surface area contributed by atoms with Crippen molar-refractivity contribution in [1.29, 1.82) is 0 Å². The van der Waals surface area contributed by atoms with E-state index in [-0.39, 0.29) is 17.4 Å². The molecule has 24 heavy (non-hydrogen) atoms. The molecule has 5 atom stereocenters. The van der Waals surface area contributed by atoms with Crippen LogP contribution in [0.25, 0.3) is 11.0 Å². The lowest BCUT2D eigenvalue weighted by Gasteiger charge is -2.16. The number of aromatic nitrogens is 3. The molecule has 1 aliphatic rings. The maximum absolute atomic E-state index is 11.7. The molecule has 0 radical (unpaired) electrons. The second-order valence-electron chi connectivity index (χ2n) is 5.36. The normalized spacial score (nSPS) is 28.5. The molecule has 0 aliphatic carbocycles. The van der Waals surface area contributed by atoms with E-state index >= 15 is 0 Å². The van der Waals surface area contributed by atoms with Crippen molar-refractivity contribution >= 4 is 19.1 Å². The first-order chi connectivity index (χ1) is 11.5. The number of nitrogens with one attached hydrogen (secondary N) is 3. The fourth-order valence-electron chi connectivity index (χ4n) is 2.74. The third-order valence-electron chi connectivity index (χ3n) is 3.87. The Balaban J connectivity index is 1.78. The van der Waals surface area contributed by atoms with Gasteiger partial charge in [-0.05, 0) is 6.92 Å². The number of nitrogens with zero attached hydrogens (tertiary/aromatic N) is 1. The molecule has 0 aromatic carbocycles. The van der Waals surface area contributed by atoms with Crippen molar-refractivity contribution in [2.45, 2.75) is 31.4 Å². The maximum atomic E-state index is 11.7. The Hall–Kier alpha value is -1.55. The van der Waals surface area contributed by atoms with E-state index in [1.807, 2.05) is 0 Å².